The van der Waals surface area contributed by atoms with Gasteiger partial charge in [0.25, 0.3) is 0 Å². The van der Waals surface area contributed by atoms with Gasteiger partial charge in [0.2, 0.25) is 11.7 Å². The normalized spacial score (nSPS) is 13.8. The molecule has 0 saturated carbocycles. The van der Waals surface area contributed by atoms with E-state index in [1.807, 2.05) is 12.1 Å². The van der Waals surface area contributed by atoms with Gasteiger partial charge in [-0.2, -0.15) is 0 Å². The van der Waals surface area contributed by atoms with Gasteiger partial charge in [0.15, 0.2) is 23.1 Å². The highest BCUT2D eigenvalue weighted by Crippen LogP contribution is 2.40. The molecule has 1 amide bonds. The Morgan fingerprint density at radius 3 is 2.26 bits per heavy atom. The topological polar surface area (TPSA) is 124 Å². The maximum Gasteiger partial charge on any atom is 0.227 e. The Hall–Kier alpha value is -4.15. The second kappa shape index (κ2) is 10.6. The maximum atomic E-state index is 12.9. The first-order valence-electron chi connectivity index (χ1n) is 10.8. The number of aromatic nitrogens is 4. The van der Waals surface area contributed by atoms with Crippen molar-refractivity contribution in [3.63, 3.8) is 0 Å². The minimum atomic E-state index is -0.109. The number of hydrogen-bond acceptors (Lipinski definition) is 10. The zero-order valence-electron chi connectivity index (χ0n) is 19.3. The number of methoxy groups -OCH3 is 3. The molecule has 34 heavy (non-hydrogen) atoms. The summed E-state index contributed by atoms with van der Waals surface area (Å²) in [6.45, 7) is 1.42. The Balaban J connectivity index is 1.33. The van der Waals surface area contributed by atoms with E-state index in [9.17, 15) is 4.79 Å². The monoisotopic (exact) mass is 465 g/mol. The van der Waals surface area contributed by atoms with Gasteiger partial charge in [0.1, 0.15) is 12.1 Å². The van der Waals surface area contributed by atoms with E-state index >= 15 is 0 Å². The van der Waals surface area contributed by atoms with Gasteiger partial charge >= 0.3 is 0 Å². The van der Waals surface area contributed by atoms with Crippen LogP contribution in [0.4, 0.5) is 23.1 Å². The number of carbonyl (C=O) groups excluding carboxylic acids is 1. The molecular weight excluding hydrogens is 438 g/mol. The third kappa shape index (κ3) is 5.25. The Bertz CT molecular complexity index is 1080. The lowest BCUT2D eigenvalue weighted by molar-refractivity contribution is -0.120. The molecule has 178 valence electrons. The van der Waals surface area contributed by atoms with Crippen molar-refractivity contribution in [2.45, 2.75) is 12.8 Å². The number of benzene rings is 1. The molecule has 0 atom stereocenters. The summed E-state index contributed by atoms with van der Waals surface area (Å²) < 4.78 is 16.1. The lowest BCUT2D eigenvalue weighted by Gasteiger charge is -2.31. The average Bonchev–Trinajstić information content (AvgIpc) is 2.89. The smallest absolute Gasteiger partial charge is 0.227 e. The van der Waals surface area contributed by atoms with Crippen LogP contribution in [-0.2, 0) is 4.79 Å². The number of rotatable bonds is 8. The molecule has 0 unspecified atom stereocenters. The van der Waals surface area contributed by atoms with Gasteiger partial charge in [-0.1, -0.05) is 0 Å². The summed E-state index contributed by atoms with van der Waals surface area (Å²) in [5.41, 5.74) is 0.597. The molecule has 3 heterocycles. The number of piperidine rings is 1. The maximum absolute atomic E-state index is 12.9. The third-order valence-corrected chi connectivity index (χ3v) is 5.61. The van der Waals surface area contributed by atoms with E-state index in [1.165, 1.54) is 6.33 Å². The molecule has 0 aliphatic carbocycles. The fraction of sp³-hybridized carbons (Fsp3) is 0.348. The Morgan fingerprint density at radius 1 is 0.971 bits per heavy atom. The highest BCUT2D eigenvalue weighted by atomic mass is 16.5. The van der Waals surface area contributed by atoms with Gasteiger partial charge < -0.3 is 29.7 Å². The first-order chi connectivity index (χ1) is 16.6. The molecule has 0 radical (unpaired) electrons. The predicted octanol–water partition coefficient (Wildman–Crippen LogP) is 2.89. The molecule has 11 nitrogen and oxygen atoms in total. The summed E-state index contributed by atoms with van der Waals surface area (Å²) in [5.74, 6) is 3.34. The number of ether oxygens (including phenoxy) is 3. The van der Waals surface area contributed by atoms with Crippen LogP contribution >= 0.6 is 0 Å². The summed E-state index contributed by atoms with van der Waals surface area (Å²) in [4.78, 5) is 23.0. The number of hydrogen-bond donors (Lipinski definition) is 2. The number of nitrogens with one attached hydrogen (secondary N) is 2. The zero-order valence-corrected chi connectivity index (χ0v) is 19.3. The predicted molar refractivity (Wildman–Crippen MR) is 127 cm³/mol. The number of anilines is 4. The highest BCUT2D eigenvalue weighted by molar-refractivity contribution is 5.93. The quantitative estimate of drug-likeness (QED) is 0.513. The minimum Gasteiger partial charge on any atom is -0.493 e. The Labute approximate surface area is 197 Å². The summed E-state index contributed by atoms with van der Waals surface area (Å²) in [5, 5.41) is 14.6. The fourth-order valence-corrected chi connectivity index (χ4v) is 3.82. The van der Waals surface area contributed by atoms with Gasteiger partial charge in [0, 0.05) is 43.0 Å². The van der Waals surface area contributed by atoms with Crippen LogP contribution < -0.4 is 29.7 Å². The average molecular weight is 466 g/mol. The first-order valence-corrected chi connectivity index (χ1v) is 10.8. The number of carbonyl (C=O) groups is 1. The SMILES string of the molecule is COc1cc(NC(=O)C2CCN(c3ccc(Nc4ccncn4)nn3)CC2)cc(OC)c1OC. The zero-order chi connectivity index (χ0) is 23.9. The summed E-state index contributed by atoms with van der Waals surface area (Å²) in [6.07, 6.45) is 4.53. The van der Waals surface area contributed by atoms with Gasteiger partial charge in [-0.15, -0.1) is 10.2 Å². The molecule has 2 aromatic heterocycles. The summed E-state index contributed by atoms with van der Waals surface area (Å²) >= 11 is 0. The van der Waals surface area contributed by atoms with Crippen molar-refractivity contribution in [1.82, 2.24) is 20.2 Å². The molecule has 0 spiro atoms. The van der Waals surface area contributed by atoms with Crippen LogP contribution in [0.15, 0.2) is 42.9 Å². The third-order valence-electron chi connectivity index (χ3n) is 5.61. The molecule has 11 heteroatoms. The van der Waals surface area contributed by atoms with E-state index in [0.717, 1.165) is 5.82 Å². The van der Waals surface area contributed by atoms with Gasteiger partial charge in [-0.05, 0) is 31.0 Å². The van der Waals surface area contributed by atoms with Crippen molar-refractivity contribution < 1.29 is 19.0 Å². The molecule has 2 N–H and O–H groups in total. The second-order valence-electron chi connectivity index (χ2n) is 7.66. The number of amides is 1. The van der Waals surface area contributed by atoms with Crippen molar-refractivity contribution in [3.05, 3.63) is 42.9 Å². The van der Waals surface area contributed by atoms with Crippen LogP contribution in [0.3, 0.4) is 0 Å². The van der Waals surface area contributed by atoms with Crippen LogP contribution in [0.2, 0.25) is 0 Å². The van der Waals surface area contributed by atoms with Crippen molar-refractivity contribution in [2.75, 3.05) is 50.0 Å². The molecular formula is C23H27N7O4. The molecule has 1 aliphatic heterocycles. The van der Waals surface area contributed by atoms with Crippen molar-refractivity contribution in [2.24, 2.45) is 5.92 Å². The van der Waals surface area contributed by atoms with E-state index in [0.29, 0.717) is 60.5 Å². The standard InChI is InChI=1S/C23H27N7O4/c1-32-17-12-16(13-18(33-2)22(17)34-3)26-23(31)15-7-10-30(11-8-15)21-5-4-20(28-29-21)27-19-6-9-24-14-25-19/h4-6,9,12-15H,7-8,10-11H2,1-3H3,(H,26,31)(H,24,25,27,28). The van der Waals surface area contributed by atoms with Crippen LogP contribution in [-0.4, -0.2) is 60.5 Å². The van der Waals surface area contributed by atoms with E-state index in [4.69, 9.17) is 14.2 Å². The molecule has 1 aliphatic rings. The molecule has 0 bridgehead atoms. The van der Waals surface area contributed by atoms with Crippen molar-refractivity contribution >= 4 is 29.0 Å². The van der Waals surface area contributed by atoms with Crippen molar-refractivity contribution in [1.29, 1.82) is 0 Å². The Kier molecular flexibility index (Phi) is 7.21. The van der Waals surface area contributed by atoms with E-state index in [2.05, 4.69) is 35.7 Å². The lowest BCUT2D eigenvalue weighted by Crippen LogP contribution is -2.38. The second-order valence-corrected chi connectivity index (χ2v) is 7.66. The van der Waals surface area contributed by atoms with Crippen LogP contribution in [0.25, 0.3) is 0 Å². The van der Waals surface area contributed by atoms with E-state index < -0.39 is 0 Å². The summed E-state index contributed by atoms with van der Waals surface area (Å²) in [7, 11) is 4.62. The Morgan fingerprint density at radius 2 is 1.71 bits per heavy atom. The number of nitrogens with zero attached hydrogens (tertiary/aromatic N) is 5. The largest absolute Gasteiger partial charge is 0.493 e. The van der Waals surface area contributed by atoms with Gasteiger partial charge in [-0.3, -0.25) is 4.79 Å². The fourth-order valence-electron chi connectivity index (χ4n) is 3.82. The van der Waals surface area contributed by atoms with Crippen molar-refractivity contribution in [3.8, 4) is 17.2 Å². The van der Waals surface area contributed by atoms with Gasteiger partial charge in [0.05, 0.1) is 21.3 Å². The van der Waals surface area contributed by atoms with E-state index in [1.54, 1.807) is 45.7 Å². The molecule has 4 rings (SSSR count). The first kappa shape index (κ1) is 23.0. The molecule has 1 fully saturated rings. The minimum absolute atomic E-state index is 0.0376. The lowest BCUT2D eigenvalue weighted by atomic mass is 9.95. The van der Waals surface area contributed by atoms with E-state index in [-0.39, 0.29) is 11.8 Å². The molecule has 3 aromatic rings. The van der Waals surface area contributed by atoms with Crippen LogP contribution in [0, 0.1) is 5.92 Å². The van der Waals surface area contributed by atoms with Crippen LogP contribution in [0.5, 0.6) is 17.2 Å². The van der Waals surface area contributed by atoms with Gasteiger partial charge in [-0.25, -0.2) is 9.97 Å². The summed E-state index contributed by atoms with van der Waals surface area (Å²) in [6, 6.07) is 8.96. The molecule has 1 aromatic carbocycles. The van der Waals surface area contributed by atoms with Crippen LogP contribution in [0.1, 0.15) is 12.8 Å². The molecule has 1 saturated heterocycles. The highest BCUT2D eigenvalue weighted by Gasteiger charge is 2.26.